The zero-order valence-corrected chi connectivity index (χ0v) is 12.2. The highest BCUT2D eigenvalue weighted by Crippen LogP contribution is 2.27. The van der Waals surface area contributed by atoms with E-state index in [1.807, 2.05) is 30.3 Å². The molecule has 18 heavy (non-hydrogen) atoms. The summed E-state index contributed by atoms with van der Waals surface area (Å²) < 4.78 is 0. The van der Waals surface area contributed by atoms with Crippen molar-refractivity contribution in [1.82, 2.24) is 0 Å². The van der Waals surface area contributed by atoms with E-state index in [0.717, 1.165) is 17.2 Å². The van der Waals surface area contributed by atoms with Crippen molar-refractivity contribution in [3.63, 3.8) is 0 Å². The Kier molecular flexibility index (Phi) is 6.60. The van der Waals surface area contributed by atoms with Crippen molar-refractivity contribution in [2.24, 2.45) is 10.9 Å². The van der Waals surface area contributed by atoms with Gasteiger partial charge in [-0.05, 0) is 30.4 Å². The highest BCUT2D eigenvalue weighted by Gasteiger charge is 2.16. The number of thioether (sulfide) groups is 1. The number of nitrogens with zero attached hydrogens (tertiary/aromatic N) is 1. The van der Waals surface area contributed by atoms with Gasteiger partial charge in [0.2, 0.25) is 0 Å². The van der Waals surface area contributed by atoms with Crippen molar-refractivity contribution in [2.75, 3.05) is 0 Å². The molecule has 0 radical (unpaired) electrons. The second-order valence-electron chi connectivity index (χ2n) is 4.35. The van der Waals surface area contributed by atoms with Gasteiger partial charge in [-0.15, -0.1) is 6.42 Å². The van der Waals surface area contributed by atoms with Gasteiger partial charge < -0.3 is 0 Å². The van der Waals surface area contributed by atoms with Crippen LogP contribution in [0.5, 0.6) is 0 Å². The Labute approximate surface area is 115 Å². The van der Waals surface area contributed by atoms with Gasteiger partial charge in [0.1, 0.15) is 5.04 Å². The van der Waals surface area contributed by atoms with Crippen LogP contribution in [-0.4, -0.2) is 10.3 Å². The number of hydrogen-bond acceptors (Lipinski definition) is 2. The molecule has 0 amide bonds. The Balaban J connectivity index is 2.79. The molecule has 1 rings (SSSR count). The van der Waals surface area contributed by atoms with Gasteiger partial charge in [-0.2, -0.15) is 0 Å². The molecule has 1 aromatic carbocycles. The summed E-state index contributed by atoms with van der Waals surface area (Å²) in [5, 5.41) is 1.34. The molecular weight excluding hydrogens is 238 g/mol. The molecule has 2 atom stereocenters. The lowest BCUT2D eigenvalue weighted by Gasteiger charge is -2.20. The van der Waals surface area contributed by atoms with Crippen molar-refractivity contribution < 1.29 is 0 Å². The van der Waals surface area contributed by atoms with Crippen molar-refractivity contribution in [3.8, 4) is 12.3 Å². The molecule has 0 saturated carbocycles. The van der Waals surface area contributed by atoms with Crippen LogP contribution in [0.4, 0.5) is 5.69 Å². The zero-order chi connectivity index (χ0) is 13.4. The highest BCUT2D eigenvalue weighted by molar-refractivity contribution is 8.15. The third kappa shape index (κ3) is 4.58. The standard InChI is InChI=1S/C16H21NS/c1-5-13(4)15(6-2)18-16(7-3)17-14-11-9-8-10-12-14/h3,8-13,15H,5-6H2,1-2,4H3. The maximum atomic E-state index is 5.56. The summed E-state index contributed by atoms with van der Waals surface area (Å²) in [5.74, 6) is 3.37. The Morgan fingerprint density at radius 3 is 2.44 bits per heavy atom. The first kappa shape index (κ1) is 14.9. The van der Waals surface area contributed by atoms with Crippen LogP contribution in [0.2, 0.25) is 0 Å². The van der Waals surface area contributed by atoms with Gasteiger partial charge in [-0.3, -0.25) is 0 Å². The lowest BCUT2D eigenvalue weighted by Crippen LogP contribution is -2.14. The predicted molar refractivity (Wildman–Crippen MR) is 83.5 cm³/mol. The van der Waals surface area contributed by atoms with Gasteiger partial charge in [0, 0.05) is 5.25 Å². The molecule has 0 spiro atoms. The minimum atomic E-state index is 0.550. The zero-order valence-electron chi connectivity index (χ0n) is 11.4. The smallest absolute Gasteiger partial charge is 0.147 e. The minimum absolute atomic E-state index is 0.550. The van der Waals surface area contributed by atoms with Crippen LogP contribution in [0, 0.1) is 18.3 Å². The summed E-state index contributed by atoms with van der Waals surface area (Å²) >= 11 is 1.73. The van der Waals surface area contributed by atoms with Crippen molar-refractivity contribution in [1.29, 1.82) is 0 Å². The lowest BCUT2D eigenvalue weighted by atomic mass is 10.0. The summed E-state index contributed by atoms with van der Waals surface area (Å²) in [6.07, 6.45) is 7.86. The molecule has 2 unspecified atom stereocenters. The first-order valence-electron chi connectivity index (χ1n) is 6.48. The topological polar surface area (TPSA) is 12.4 Å². The van der Waals surface area contributed by atoms with Crippen molar-refractivity contribution in [2.45, 2.75) is 38.9 Å². The largest absolute Gasteiger partial charge is 0.233 e. The number of hydrogen-bond donors (Lipinski definition) is 0. The molecule has 0 saturated heterocycles. The van der Waals surface area contributed by atoms with Gasteiger partial charge in [0.05, 0.1) is 5.69 Å². The molecule has 1 aromatic rings. The molecule has 0 fully saturated rings. The van der Waals surface area contributed by atoms with Gasteiger partial charge in [0.15, 0.2) is 0 Å². The van der Waals surface area contributed by atoms with Gasteiger partial charge in [-0.25, -0.2) is 4.99 Å². The Hall–Kier alpha value is -1.20. The normalized spacial score (nSPS) is 14.9. The quantitative estimate of drug-likeness (QED) is 0.416. The number of para-hydroxylation sites is 1. The first-order chi connectivity index (χ1) is 8.71. The average molecular weight is 259 g/mol. The van der Waals surface area contributed by atoms with Gasteiger partial charge >= 0.3 is 0 Å². The molecule has 96 valence electrons. The molecule has 0 aromatic heterocycles. The summed E-state index contributed by atoms with van der Waals surface area (Å²) in [6.45, 7) is 6.70. The number of rotatable bonds is 5. The molecule has 0 aliphatic heterocycles. The number of aliphatic imine (C=N–C) groups is 1. The van der Waals surface area contributed by atoms with E-state index < -0.39 is 0 Å². The van der Waals surface area contributed by atoms with E-state index in [9.17, 15) is 0 Å². The average Bonchev–Trinajstić information content (AvgIpc) is 2.43. The van der Waals surface area contributed by atoms with E-state index in [0.29, 0.717) is 11.2 Å². The summed E-state index contributed by atoms with van der Waals surface area (Å²) in [5.41, 5.74) is 0.928. The lowest BCUT2D eigenvalue weighted by molar-refractivity contribution is 0.526. The molecule has 1 nitrogen and oxygen atoms in total. The molecule has 2 heteroatoms. The fourth-order valence-electron chi connectivity index (χ4n) is 1.72. The maximum absolute atomic E-state index is 5.56. The van der Waals surface area contributed by atoms with Crippen molar-refractivity contribution >= 4 is 22.5 Å². The van der Waals surface area contributed by atoms with Crippen LogP contribution in [0.15, 0.2) is 35.3 Å². The Morgan fingerprint density at radius 2 is 1.94 bits per heavy atom. The third-order valence-corrected chi connectivity index (χ3v) is 4.59. The summed E-state index contributed by atoms with van der Waals surface area (Å²) in [4.78, 5) is 4.53. The predicted octanol–water partition coefficient (Wildman–Crippen LogP) is 4.91. The fraction of sp³-hybridized carbons (Fsp3) is 0.438. The summed E-state index contributed by atoms with van der Waals surface area (Å²) in [7, 11) is 0. The van der Waals surface area contributed by atoms with E-state index in [2.05, 4.69) is 31.7 Å². The van der Waals surface area contributed by atoms with Gasteiger partial charge in [0.25, 0.3) is 0 Å². The van der Waals surface area contributed by atoms with Crippen LogP contribution in [0.3, 0.4) is 0 Å². The van der Waals surface area contributed by atoms with E-state index in [4.69, 9.17) is 6.42 Å². The van der Waals surface area contributed by atoms with E-state index in [1.165, 1.54) is 6.42 Å². The van der Waals surface area contributed by atoms with E-state index >= 15 is 0 Å². The maximum Gasteiger partial charge on any atom is 0.147 e. The number of terminal acetylenes is 1. The summed E-state index contributed by atoms with van der Waals surface area (Å²) in [6, 6.07) is 9.88. The monoisotopic (exact) mass is 259 g/mol. The molecular formula is C16H21NS. The molecule has 0 bridgehead atoms. The fourth-order valence-corrected chi connectivity index (χ4v) is 2.82. The second kappa shape index (κ2) is 8.00. The molecule has 0 aliphatic rings. The van der Waals surface area contributed by atoms with Gasteiger partial charge in [-0.1, -0.05) is 57.2 Å². The van der Waals surface area contributed by atoms with Crippen LogP contribution in [0.1, 0.15) is 33.6 Å². The van der Waals surface area contributed by atoms with Crippen molar-refractivity contribution in [3.05, 3.63) is 30.3 Å². The van der Waals surface area contributed by atoms with Crippen LogP contribution >= 0.6 is 11.8 Å². The Morgan fingerprint density at radius 1 is 1.28 bits per heavy atom. The third-order valence-electron chi connectivity index (χ3n) is 3.05. The van der Waals surface area contributed by atoms with Crippen LogP contribution in [-0.2, 0) is 0 Å². The Bertz CT molecular complexity index is 416. The molecule has 0 heterocycles. The van der Waals surface area contributed by atoms with Crippen LogP contribution < -0.4 is 0 Å². The molecule has 0 N–H and O–H groups in total. The number of benzene rings is 1. The van der Waals surface area contributed by atoms with E-state index in [1.54, 1.807) is 11.8 Å². The second-order valence-corrected chi connectivity index (χ2v) is 5.57. The first-order valence-corrected chi connectivity index (χ1v) is 7.36. The minimum Gasteiger partial charge on any atom is -0.233 e. The van der Waals surface area contributed by atoms with Crippen LogP contribution in [0.25, 0.3) is 0 Å². The molecule has 0 aliphatic carbocycles. The SMILES string of the molecule is C#CC(=Nc1ccccc1)SC(CC)C(C)CC. The van der Waals surface area contributed by atoms with E-state index in [-0.39, 0.29) is 0 Å². The highest BCUT2D eigenvalue weighted by atomic mass is 32.2.